The van der Waals surface area contributed by atoms with Gasteiger partial charge in [0.05, 0.1) is 23.1 Å². The lowest BCUT2D eigenvalue weighted by atomic mass is 9.99. The molecule has 1 saturated heterocycles. The summed E-state index contributed by atoms with van der Waals surface area (Å²) in [4.78, 5) is 26.7. The Kier molecular flexibility index (Phi) is 4.28. The fraction of sp³-hybridized carbons (Fsp3) is 0.263. The molecule has 1 fully saturated rings. The van der Waals surface area contributed by atoms with Crippen LogP contribution in [-0.4, -0.2) is 38.5 Å². The predicted molar refractivity (Wildman–Crippen MR) is 103 cm³/mol. The number of alkyl halides is 1. The minimum Gasteiger partial charge on any atom is -0.335 e. The van der Waals surface area contributed by atoms with Gasteiger partial charge in [-0.05, 0) is 30.7 Å². The molecule has 1 aliphatic rings. The summed E-state index contributed by atoms with van der Waals surface area (Å²) in [6.07, 6.45) is 5.03. The average Bonchev–Trinajstić information content (AvgIpc) is 3.02. The Morgan fingerprint density at radius 1 is 1.15 bits per heavy atom. The molecular weight excluding hydrogens is 392 g/mol. The van der Waals surface area contributed by atoms with Crippen molar-refractivity contribution < 1.29 is 9.18 Å². The molecule has 1 amide bonds. The van der Waals surface area contributed by atoms with E-state index in [9.17, 15) is 14.0 Å². The SMILES string of the molecule is CC1(F)CN(C(=O)Cn2ccn3ccc(-c4ccc(Cl)c(Cl)c4)c3c2=O)C1. The largest absolute Gasteiger partial charge is 0.335 e. The lowest BCUT2D eigenvalue weighted by Crippen LogP contribution is -2.60. The maximum Gasteiger partial charge on any atom is 0.275 e. The van der Waals surface area contributed by atoms with Crippen molar-refractivity contribution in [1.29, 1.82) is 0 Å². The molecule has 8 heteroatoms. The summed E-state index contributed by atoms with van der Waals surface area (Å²) >= 11 is 12.1. The van der Waals surface area contributed by atoms with E-state index in [0.717, 1.165) is 5.56 Å². The maximum atomic E-state index is 13.6. The molecule has 0 unspecified atom stereocenters. The second-order valence-corrected chi connectivity index (χ2v) is 7.82. The molecule has 0 saturated carbocycles. The normalized spacial score (nSPS) is 15.8. The van der Waals surface area contributed by atoms with Crippen LogP contribution in [0.3, 0.4) is 0 Å². The number of nitrogens with zero attached hydrogens (tertiary/aromatic N) is 3. The maximum absolute atomic E-state index is 13.6. The van der Waals surface area contributed by atoms with Crippen molar-refractivity contribution in [1.82, 2.24) is 13.9 Å². The minimum atomic E-state index is -1.34. The van der Waals surface area contributed by atoms with E-state index in [1.54, 1.807) is 41.2 Å². The monoisotopic (exact) mass is 407 g/mol. The molecule has 0 atom stereocenters. The van der Waals surface area contributed by atoms with Gasteiger partial charge >= 0.3 is 0 Å². The topological polar surface area (TPSA) is 46.7 Å². The minimum absolute atomic E-state index is 0.0580. The molecule has 27 heavy (non-hydrogen) atoms. The first-order valence-corrected chi connectivity index (χ1v) is 9.13. The number of halogens is 3. The fourth-order valence-corrected chi connectivity index (χ4v) is 3.64. The van der Waals surface area contributed by atoms with Crippen molar-refractivity contribution in [2.24, 2.45) is 0 Å². The Labute approximate surface area is 164 Å². The van der Waals surface area contributed by atoms with E-state index in [2.05, 4.69) is 0 Å². The van der Waals surface area contributed by atoms with E-state index in [1.165, 1.54) is 16.4 Å². The van der Waals surface area contributed by atoms with Crippen LogP contribution in [0.5, 0.6) is 0 Å². The molecule has 2 aromatic heterocycles. The Morgan fingerprint density at radius 3 is 2.56 bits per heavy atom. The van der Waals surface area contributed by atoms with Crippen LogP contribution >= 0.6 is 23.2 Å². The summed E-state index contributed by atoms with van der Waals surface area (Å²) in [5.41, 5.74) is 0.236. The number of aromatic nitrogens is 2. The van der Waals surface area contributed by atoms with Gasteiger partial charge in [-0.1, -0.05) is 29.3 Å². The van der Waals surface area contributed by atoms with E-state index in [1.807, 2.05) is 6.07 Å². The number of carbonyl (C=O) groups is 1. The van der Waals surface area contributed by atoms with Gasteiger partial charge in [0.1, 0.15) is 17.7 Å². The number of amides is 1. The Morgan fingerprint density at radius 2 is 1.89 bits per heavy atom. The van der Waals surface area contributed by atoms with E-state index in [-0.39, 0.29) is 31.1 Å². The number of hydrogen-bond donors (Lipinski definition) is 0. The summed E-state index contributed by atoms with van der Waals surface area (Å²) in [7, 11) is 0. The molecular formula is C19H16Cl2FN3O2. The first-order valence-electron chi connectivity index (χ1n) is 8.37. The lowest BCUT2D eigenvalue weighted by Gasteiger charge is -2.42. The van der Waals surface area contributed by atoms with Gasteiger partial charge in [-0.2, -0.15) is 0 Å². The van der Waals surface area contributed by atoms with Crippen molar-refractivity contribution in [3.63, 3.8) is 0 Å². The smallest absolute Gasteiger partial charge is 0.275 e. The van der Waals surface area contributed by atoms with Gasteiger partial charge in [0.2, 0.25) is 5.91 Å². The number of rotatable bonds is 3. The van der Waals surface area contributed by atoms with Crippen LogP contribution in [0, 0.1) is 0 Å². The van der Waals surface area contributed by atoms with Crippen LogP contribution < -0.4 is 5.56 Å². The third-order valence-corrected chi connectivity index (χ3v) is 5.45. The Balaban J connectivity index is 1.70. The number of benzene rings is 1. The quantitative estimate of drug-likeness (QED) is 0.665. The molecule has 0 aliphatic carbocycles. The van der Waals surface area contributed by atoms with Crippen LogP contribution in [0.15, 0.2) is 47.7 Å². The highest BCUT2D eigenvalue weighted by atomic mass is 35.5. The molecule has 0 N–H and O–H groups in total. The predicted octanol–water partition coefficient (Wildman–Crippen LogP) is 3.65. The summed E-state index contributed by atoms with van der Waals surface area (Å²) in [5, 5.41) is 0.827. The Bertz CT molecular complexity index is 1110. The second kappa shape index (κ2) is 6.39. The lowest BCUT2D eigenvalue weighted by molar-refractivity contribution is -0.144. The molecule has 0 spiro atoms. The number of fused-ring (bicyclic) bond motifs is 1. The van der Waals surface area contributed by atoms with Crippen molar-refractivity contribution in [3.05, 3.63) is 63.3 Å². The zero-order valence-electron chi connectivity index (χ0n) is 14.5. The number of likely N-dealkylation sites (tertiary alicyclic amines) is 1. The molecule has 5 nitrogen and oxygen atoms in total. The van der Waals surface area contributed by atoms with Crippen molar-refractivity contribution in [3.8, 4) is 11.1 Å². The highest BCUT2D eigenvalue weighted by molar-refractivity contribution is 6.42. The highest BCUT2D eigenvalue weighted by Gasteiger charge is 2.41. The molecule has 0 bridgehead atoms. The summed E-state index contributed by atoms with van der Waals surface area (Å²) < 4.78 is 16.7. The van der Waals surface area contributed by atoms with E-state index >= 15 is 0 Å². The van der Waals surface area contributed by atoms with Gasteiger partial charge in [0, 0.05) is 24.2 Å². The molecule has 3 heterocycles. The number of carbonyl (C=O) groups excluding carboxylic acids is 1. The molecule has 140 valence electrons. The third kappa shape index (κ3) is 3.24. The van der Waals surface area contributed by atoms with Crippen LogP contribution in [0.4, 0.5) is 4.39 Å². The summed E-state index contributed by atoms with van der Waals surface area (Å²) in [5.74, 6) is -0.279. The molecule has 1 aromatic carbocycles. The van der Waals surface area contributed by atoms with Gasteiger partial charge in [0.25, 0.3) is 5.56 Å². The molecule has 1 aliphatic heterocycles. The standard InChI is InChI=1S/C19H16Cl2FN3O2/c1-19(22)10-25(11-19)16(26)9-24-7-6-23-5-4-13(17(23)18(24)27)12-2-3-14(20)15(21)8-12/h2-8H,9-11H2,1H3. The molecule has 4 rings (SSSR count). The van der Waals surface area contributed by atoms with E-state index in [0.29, 0.717) is 21.1 Å². The van der Waals surface area contributed by atoms with Gasteiger partial charge in [0.15, 0.2) is 0 Å². The highest BCUT2D eigenvalue weighted by Crippen LogP contribution is 2.30. The van der Waals surface area contributed by atoms with E-state index < -0.39 is 5.67 Å². The zero-order chi connectivity index (χ0) is 19.3. The summed E-state index contributed by atoms with van der Waals surface area (Å²) in [6.45, 7) is 1.45. The van der Waals surface area contributed by atoms with Crippen molar-refractivity contribution in [2.75, 3.05) is 13.1 Å². The molecule has 0 radical (unpaired) electrons. The van der Waals surface area contributed by atoms with Crippen LogP contribution in [-0.2, 0) is 11.3 Å². The van der Waals surface area contributed by atoms with Crippen LogP contribution in [0.25, 0.3) is 16.6 Å². The van der Waals surface area contributed by atoms with Crippen LogP contribution in [0.1, 0.15) is 6.92 Å². The first-order chi connectivity index (χ1) is 12.7. The van der Waals surface area contributed by atoms with Gasteiger partial charge in [-0.3, -0.25) is 9.59 Å². The van der Waals surface area contributed by atoms with Gasteiger partial charge < -0.3 is 13.9 Å². The third-order valence-electron chi connectivity index (χ3n) is 4.72. The van der Waals surface area contributed by atoms with Crippen molar-refractivity contribution in [2.45, 2.75) is 19.1 Å². The van der Waals surface area contributed by atoms with Crippen LogP contribution in [0.2, 0.25) is 10.0 Å². The van der Waals surface area contributed by atoms with Gasteiger partial charge in [-0.15, -0.1) is 0 Å². The average molecular weight is 408 g/mol. The second-order valence-electron chi connectivity index (χ2n) is 7.01. The van der Waals surface area contributed by atoms with Gasteiger partial charge in [-0.25, -0.2) is 4.39 Å². The first kappa shape index (κ1) is 18.1. The molecule has 3 aromatic rings. The zero-order valence-corrected chi connectivity index (χ0v) is 16.0. The Hall–Kier alpha value is -2.31. The van der Waals surface area contributed by atoms with Crippen molar-refractivity contribution >= 4 is 34.6 Å². The fourth-order valence-electron chi connectivity index (χ4n) is 3.35. The summed E-state index contributed by atoms with van der Waals surface area (Å²) in [6, 6.07) is 6.97. The van der Waals surface area contributed by atoms with E-state index in [4.69, 9.17) is 23.2 Å². The number of hydrogen-bond acceptors (Lipinski definition) is 2.